The average Bonchev–Trinajstić information content (AvgIpc) is 2.64. The Morgan fingerprint density at radius 1 is 1.24 bits per heavy atom. The molecule has 1 atom stereocenters. The molecule has 5 heteroatoms. The van der Waals surface area contributed by atoms with Crippen molar-refractivity contribution < 1.29 is 14.6 Å². The second-order valence-electron chi connectivity index (χ2n) is 6.18. The molecule has 0 saturated carbocycles. The number of aliphatic hydroxyl groups excluding tert-OH is 1. The van der Waals surface area contributed by atoms with Gasteiger partial charge in [-0.1, -0.05) is 29.8 Å². The number of nitrogens with zero attached hydrogens (tertiary/aromatic N) is 1. The van der Waals surface area contributed by atoms with Gasteiger partial charge in [0.1, 0.15) is 5.75 Å². The maximum Gasteiger partial charge on any atom is 0.124 e. The van der Waals surface area contributed by atoms with Gasteiger partial charge in [-0.2, -0.15) is 0 Å². The van der Waals surface area contributed by atoms with Crippen molar-refractivity contribution in [2.24, 2.45) is 0 Å². The fraction of sp³-hybridized carbons (Fsp3) is 0.400. The maximum absolute atomic E-state index is 9.56. The van der Waals surface area contributed by atoms with Gasteiger partial charge < -0.3 is 14.6 Å². The van der Waals surface area contributed by atoms with E-state index in [1.807, 2.05) is 43.3 Å². The lowest BCUT2D eigenvalue weighted by Gasteiger charge is -2.33. The van der Waals surface area contributed by atoms with Crippen molar-refractivity contribution in [1.82, 2.24) is 4.90 Å². The van der Waals surface area contributed by atoms with Gasteiger partial charge in [0.25, 0.3) is 0 Å². The van der Waals surface area contributed by atoms with Crippen LogP contribution in [0.5, 0.6) is 5.75 Å². The number of hydrogen-bond donors (Lipinski definition) is 1. The molecule has 1 fully saturated rings. The normalized spacial score (nSPS) is 18.3. The molecule has 1 aliphatic heterocycles. The molecular weight excluding hydrogens is 338 g/mol. The molecular formula is C20H24ClNO3. The molecule has 3 rings (SSSR count). The van der Waals surface area contributed by atoms with E-state index in [1.54, 1.807) is 0 Å². The first-order valence-electron chi connectivity index (χ1n) is 8.64. The van der Waals surface area contributed by atoms with Crippen LogP contribution >= 0.6 is 11.6 Å². The SMILES string of the molecule is CCOc1ccc(CN2CCO[C@@H](c3ccc(Cl)cc3)C2)cc1CO. The smallest absolute Gasteiger partial charge is 0.124 e. The van der Waals surface area contributed by atoms with Gasteiger partial charge in [-0.15, -0.1) is 0 Å². The fourth-order valence-corrected chi connectivity index (χ4v) is 3.26. The molecule has 1 N–H and O–H groups in total. The second-order valence-corrected chi connectivity index (χ2v) is 6.62. The van der Waals surface area contributed by atoms with Crippen LogP contribution in [-0.4, -0.2) is 36.3 Å². The molecule has 134 valence electrons. The lowest BCUT2D eigenvalue weighted by molar-refractivity contribution is -0.0329. The van der Waals surface area contributed by atoms with Crippen LogP contribution in [0.3, 0.4) is 0 Å². The van der Waals surface area contributed by atoms with Crippen molar-refractivity contribution >= 4 is 11.6 Å². The fourth-order valence-electron chi connectivity index (χ4n) is 3.13. The molecule has 0 spiro atoms. The number of rotatable bonds is 6. The summed E-state index contributed by atoms with van der Waals surface area (Å²) in [6, 6.07) is 13.9. The largest absolute Gasteiger partial charge is 0.494 e. The van der Waals surface area contributed by atoms with E-state index in [1.165, 1.54) is 5.56 Å². The predicted octanol–water partition coefficient (Wildman–Crippen LogP) is 3.80. The van der Waals surface area contributed by atoms with Crippen molar-refractivity contribution in [2.75, 3.05) is 26.3 Å². The minimum atomic E-state index is -0.0142. The van der Waals surface area contributed by atoms with E-state index in [2.05, 4.69) is 11.0 Å². The third-order valence-electron chi connectivity index (χ3n) is 4.39. The highest BCUT2D eigenvalue weighted by atomic mass is 35.5. The van der Waals surface area contributed by atoms with E-state index in [0.717, 1.165) is 41.5 Å². The van der Waals surface area contributed by atoms with E-state index in [-0.39, 0.29) is 12.7 Å². The summed E-state index contributed by atoms with van der Waals surface area (Å²) in [6.07, 6.45) is 0.0611. The van der Waals surface area contributed by atoms with Crippen LogP contribution in [0.2, 0.25) is 5.02 Å². The Hall–Kier alpha value is -1.59. The molecule has 25 heavy (non-hydrogen) atoms. The molecule has 0 amide bonds. The van der Waals surface area contributed by atoms with Crippen molar-refractivity contribution in [3.63, 3.8) is 0 Å². The highest BCUT2D eigenvalue weighted by Gasteiger charge is 2.22. The van der Waals surface area contributed by atoms with Gasteiger partial charge >= 0.3 is 0 Å². The van der Waals surface area contributed by atoms with Gasteiger partial charge in [0.15, 0.2) is 0 Å². The molecule has 0 aliphatic carbocycles. The molecule has 4 nitrogen and oxygen atoms in total. The molecule has 0 radical (unpaired) electrons. The summed E-state index contributed by atoms with van der Waals surface area (Å²) in [6.45, 7) is 5.79. The lowest BCUT2D eigenvalue weighted by Crippen LogP contribution is -2.37. The topological polar surface area (TPSA) is 41.9 Å². The van der Waals surface area contributed by atoms with E-state index in [9.17, 15) is 5.11 Å². The molecule has 1 aliphatic rings. The molecule has 1 heterocycles. The third-order valence-corrected chi connectivity index (χ3v) is 4.65. The number of benzene rings is 2. The molecule has 0 bridgehead atoms. The Balaban J connectivity index is 1.67. The molecule has 0 aromatic heterocycles. The summed E-state index contributed by atoms with van der Waals surface area (Å²) in [5, 5.41) is 10.3. The van der Waals surface area contributed by atoms with E-state index < -0.39 is 0 Å². The van der Waals surface area contributed by atoms with Gasteiger partial charge in [0.05, 0.1) is 25.9 Å². The van der Waals surface area contributed by atoms with Gasteiger partial charge in [-0.3, -0.25) is 4.90 Å². The van der Waals surface area contributed by atoms with Crippen LogP contribution in [0.4, 0.5) is 0 Å². The molecule has 2 aromatic carbocycles. The van der Waals surface area contributed by atoms with Crippen LogP contribution < -0.4 is 4.74 Å². The highest BCUT2D eigenvalue weighted by molar-refractivity contribution is 6.30. The quantitative estimate of drug-likeness (QED) is 0.849. The maximum atomic E-state index is 9.56. The minimum Gasteiger partial charge on any atom is -0.494 e. The Bertz CT molecular complexity index is 690. The van der Waals surface area contributed by atoms with Crippen molar-refractivity contribution in [1.29, 1.82) is 0 Å². The Morgan fingerprint density at radius 3 is 2.76 bits per heavy atom. The van der Waals surface area contributed by atoms with Gasteiger partial charge in [0.2, 0.25) is 0 Å². The zero-order valence-electron chi connectivity index (χ0n) is 14.5. The number of ether oxygens (including phenoxy) is 2. The number of aliphatic hydroxyl groups is 1. The third kappa shape index (κ3) is 4.73. The lowest BCUT2D eigenvalue weighted by atomic mass is 10.1. The molecule has 0 unspecified atom stereocenters. The number of hydrogen-bond acceptors (Lipinski definition) is 4. The van der Waals surface area contributed by atoms with Crippen LogP contribution in [0.1, 0.15) is 29.7 Å². The first-order valence-corrected chi connectivity index (χ1v) is 9.02. The monoisotopic (exact) mass is 361 g/mol. The van der Waals surface area contributed by atoms with E-state index >= 15 is 0 Å². The summed E-state index contributed by atoms with van der Waals surface area (Å²) >= 11 is 5.97. The first-order chi connectivity index (χ1) is 12.2. The summed E-state index contributed by atoms with van der Waals surface area (Å²) in [5.41, 5.74) is 3.16. The van der Waals surface area contributed by atoms with Gasteiger partial charge in [-0.25, -0.2) is 0 Å². The van der Waals surface area contributed by atoms with E-state index in [0.29, 0.717) is 13.2 Å². The summed E-state index contributed by atoms with van der Waals surface area (Å²) in [4.78, 5) is 2.37. The Morgan fingerprint density at radius 2 is 2.04 bits per heavy atom. The van der Waals surface area contributed by atoms with E-state index in [4.69, 9.17) is 21.1 Å². The highest BCUT2D eigenvalue weighted by Crippen LogP contribution is 2.26. The van der Waals surface area contributed by atoms with Crippen LogP contribution in [0.25, 0.3) is 0 Å². The Kier molecular flexibility index (Phi) is 6.32. The van der Waals surface area contributed by atoms with Crippen molar-refractivity contribution in [2.45, 2.75) is 26.2 Å². The van der Waals surface area contributed by atoms with Crippen LogP contribution in [-0.2, 0) is 17.9 Å². The first kappa shape index (κ1) is 18.2. The summed E-state index contributed by atoms with van der Waals surface area (Å²) < 4.78 is 11.5. The van der Waals surface area contributed by atoms with Gasteiger partial charge in [0, 0.05) is 30.2 Å². The minimum absolute atomic E-state index is 0.0142. The number of morpholine rings is 1. The Labute approximate surface area is 153 Å². The molecule has 2 aromatic rings. The van der Waals surface area contributed by atoms with Crippen molar-refractivity contribution in [3.8, 4) is 5.75 Å². The van der Waals surface area contributed by atoms with Gasteiger partial charge in [-0.05, 0) is 42.3 Å². The summed E-state index contributed by atoms with van der Waals surface area (Å²) in [7, 11) is 0. The second kappa shape index (κ2) is 8.68. The number of halogens is 1. The summed E-state index contributed by atoms with van der Waals surface area (Å²) in [5.74, 6) is 0.759. The zero-order chi connectivity index (χ0) is 17.6. The van der Waals surface area contributed by atoms with Crippen LogP contribution in [0, 0.1) is 0 Å². The van der Waals surface area contributed by atoms with Crippen LogP contribution in [0.15, 0.2) is 42.5 Å². The standard InChI is InChI=1S/C20H24ClNO3/c1-2-24-19-8-3-15(11-17(19)14-23)12-22-9-10-25-20(13-22)16-4-6-18(21)7-5-16/h3-8,11,20,23H,2,9-10,12-14H2,1H3/t20-/m1/s1. The zero-order valence-corrected chi connectivity index (χ0v) is 15.2. The predicted molar refractivity (Wildman–Crippen MR) is 99.0 cm³/mol. The molecule has 1 saturated heterocycles. The van der Waals surface area contributed by atoms with Crippen molar-refractivity contribution in [3.05, 3.63) is 64.2 Å². The average molecular weight is 362 g/mol.